The Morgan fingerprint density at radius 3 is 2.86 bits per heavy atom. The van der Waals surface area contributed by atoms with Crippen LogP contribution in [-0.4, -0.2) is 23.7 Å². The van der Waals surface area contributed by atoms with Gasteiger partial charge in [-0.1, -0.05) is 0 Å². The Labute approximate surface area is 84.5 Å². The highest BCUT2D eigenvalue weighted by atomic mass is 16.5. The van der Waals surface area contributed by atoms with Crippen molar-refractivity contribution in [2.45, 2.75) is 25.8 Å². The van der Waals surface area contributed by atoms with Gasteiger partial charge in [0, 0.05) is 5.69 Å². The van der Waals surface area contributed by atoms with Gasteiger partial charge in [-0.2, -0.15) is 0 Å². The lowest BCUT2D eigenvalue weighted by Gasteiger charge is -2.39. The van der Waals surface area contributed by atoms with Crippen LogP contribution in [0.1, 0.15) is 19.0 Å². The van der Waals surface area contributed by atoms with Crippen LogP contribution in [0.15, 0.2) is 18.3 Å². The Morgan fingerprint density at radius 2 is 2.36 bits per heavy atom. The number of nitrogens with one attached hydrogen (secondary N) is 1. The van der Waals surface area contributed by atoms with Gasteiger partial charge >= 0.3 is 0 Å². The predicted octanol–water partition coefficient (Wildman–Crippen LogP) is 1.52. The molecule has 1 aliphatic heterocycles. The summed E-state index contributed by atoms with van der Waals surface area (Å²) >= 11 is 0. The zero-order valence-corrected chi connectivity index (χ0v) is 8.71. The van der Waals surface area contributed by atoms with Crippen LogP contribution in [0, 0.1) is 6.92 Å². The number of rotatable bonds is 3. The monoisotopic (exact) mass is 192 g/mol. The van der Waals surface area contributed by atoms with Gasteiger partial charge in [0.2, 0.25) is 0 Å². The summed E-state index contributed by atoms with van der Waals surface area (Å²) in [6.07, 6.45) is 2.96. The van der Waals surface area contributed by atoms with Crippen molar-refractivity contribution < 1.29 is 4.74 Å². The predicted molar refractivity (Wildman–Crippen MR) is 55.5 cm³/mol. The lowest BCUT2D eigenvalue weighted by molar-refractivity contribution is 0.132. The minimum absolute atomic E-state index is 0.172. The van der Waals surface area contributed by atoms with Crippen LogP contribution in [0.3, 0.4) is 0 Å². The quantitative estimate of drug-likeness (QED) is 0.788. The molecule has 2 heterocycles. The molecule has 0 aliphatic carbocycles. The number of ether oxygens (including phenoxy) is 1. The van der Waals surface area contributed by atoms with Crippen molar-refractivity contribution in [2.24, 2.45) is 0 Å². The molecule has 0 unspecified atom stereocenters. The van der Waals surface area contributed by atoms with Gasteiger partial charge in [-0.25, -0.2) is 0 Å². The first kappa shape index (κ1) is 9.46. The van der Waals surface area contributed by atoms with Gasteiger partial charge in [0.15, 0.2) is 0 Å². The molecule has 1 saturated heterocycles. The summed E-state index contributed by atoms with van der Waals surface area (Å²) < 4.78 is 5.64. The molecule has 0 saturated carbocycles. The highest BCUT2D eigenvalue weighted by Crippen LogP contribution is 2.19. The van der Waals surface area contributed by atoms with Crippen LogP contribution in [0.5, 0.6) is 5.75 Å². The van der Waals surface area contributed by atoms with Gasteiger partial charge in [-0.05, 0) is 38.9 Å². The zero-order valence-electron chi connectivity index (χ0n) is 8.71. The molecule has 0 aromatic carbocycles. The molecule has 1 aromatic heterocycles. The Morgan fingerprint density at radius 1 is 1.57 bits per heavy atom. The Balaban J connectivity index is 1.88. The molecule has 0 spiro atoms. The molecule has 1 aromatic rings. The maximum Gasteiger partial charge on any atom is 0.137 e. The summed E-state index contributed by atoms with van der Waals surface area (Å²) in [6.45, 7) is 5.97. The van der Waals surface area contributed by atoms with Crippen molar-refractivity contribution in [3.63, 3.8) is 0 Å². The second-order valence-corrected chi connectivity index (χ2v) is 4.16. The summed E-state index contributed by atoms with van der Waals surface area (Å²) in [4.78, 5) is 4.18. The molecular formula is C11H16N2O. The maximum atomic E-state index is 5.64. The number of aryl methyl sites for hydroxylation is 1. The SMILES string of the molecule is Cc1ccc(OC[C@@]2(C)CCN2)cn1. The topological polar surface area (TPSA) is 34.1 Å². The first-order valence-corrected chi connectivity index (χ1v) is 4.98. The fourth-order valence-electron chi connectivity index (χ4n) is 1.46. The van der Waals surface area contributed by atoms with E-state index in [4.69, 9.17) is 4.74 Å². The molecule has 1 atom stereocenters. The van der Waals surface area contributed by atoms with E-state index in [1.54, 1.807) is 6.20 Å². The minimum atomic E-state index is 0.172. The molecule has 0 amide bonds. The molecule has 2 rings (SSSR count). The average Bonchev–Trinajstić information content (AvgIpc) is 2.14. The van der Waals surface area contributed by atoms with Crippen molar-refractivity contribution in [1.29, 1.82) is 0 Å². The molecule has 76 valence electrons. The van der Waals surface area contributed by atoms with Crippen molar-refractivity contribution >= 4 is 0 Å². The summed E-state index contributed by atoms with van der Waals surface area (Å²) in [5, 5.41) is 3.36. The second kappa shape index (κ2) is 3.58. The molecular weight excluding hydrogens is 176 g/mol. The molecule has 1 aliphatic rings. The molecule has 0 radical (unpaired) electrons. The van der Waals surface area contributed by atoms with Crippen molar-refractivity contribution in [3.8, 4) is 5.75 Å². The van der Waals surface area contributed by atoms with Gasteiger partial charge in [-0.3, -0.25) is 4.98 Å². The Bertz CT molecular complexity index is 304. The largest absolute Gasteiger partial charge is 0.490 e. The summed E-state index contributed by atoms with van der Waals surface area (Å²) in [5.74, 6) is 0.852. The number of nitrogens with zero attached hydrogens (tertiary/aromatic N) is 1. The lowest BCUT2D eigenvalue weighted by atomic mass is 9.91. The number of hydrogen-bond acceptors (Lipinski definition) is 3. The third-order valence-corrected chi connectivity index (χ3v) is 2.67. The fourth-order valence-corrected chi connectivity index (χ4v) is 1.46. The van der Waals surface area contributed by atoms with Gasteiger partial charge in [0.05, 0.1) is 11.7 Å². The van der Waals surface area contributed by atoms with Gasteiger partial charge in [0.1, 0.15) is 12.4 Å². The lowest BCUT2D eigenvalue weighted by Crippen LogP contribution is -2.58. The number of aromatic nitrogens is 1. The molecule has 1 N–H and O–H groups in total. The normalized spacial score (nSPS) is 25.6. The molecule has 3 heteroatoms. The molecule has 1 fully saturated rings. The third-order valence-electron chi connectivity index (χ3n) is 2.67. The third kappa shape index (κ3) is 2.04. The van der Waals surface area contributed by atoms with Crippen LogP contribution in [0.2, 0.25) is 0 Å². The van der Waals surface area contributed by atoms with Crippen LogP contribution >= 0.6 is 0 Å². The van der Waals surface area contributed by atoms with E-state index in [9.17, 15) is 0 Å². The van der Waals surface area contributed by atoms with Crippen molar-refractivity contribution in [2.75, 3.05) is 13.2 Å². The average molecular weight is 192 g/mol. The highest BCUT2D eigenvalue weighted by molar-refractivity contribution is 5.19. The maximum absolute atomic E-state index is 5.64. The summed E-state index contributed by atoms with van der Waals surface area (Å²) in [5.41, 5.74) is 1.19. The van der Waals surface area contributed by atoms with E-state index in [1.807, 2.05) is 19.1 Å². The number of hydrogen-bond donors (Lipinski definition) is 1. The molecule has 0 bridgehead atoms. The Kier molecular flexibility index (Phi) is 2.42. The van der Waals surface area contributed by atoms with E-state index >= 15 is 0 Å². The van der Waals surface area contributed by atoms with Crippen molar-refractivity contribution in [1.82, 2.24) is 10.3 Å². The van der Waals surface area contributed by atoms with Crippen LogP contribution in [0.4, 0.5) is 0 Å². The van der Waals surface area contributed by atoms with Crippen molar-refractivity contribution in [3.05, 3.63) is 24.0 Å². The van der Waals surface area contributed by atoms with Gasteiger partial charge < -0.3 is 10.1 Å². The number of pyridine rings is 1. The van der Waals surface area contributed by atoms with E-state index < -0.39 is 0 Å². The minimum Gasteiger partial charge on any atom is -0.490 e. The first-order chi connectivity index (χ1) is 6.68. The second-order valence-electron chi connectivity index (χ2n) is 4.16. The zero-order chi connectivity index (χ0) is 10.0. The van der Waals surface area contributed by atoms with Gasteiger partial charge in [0.25, 0.3) is 0 Å². The van der Waals surface area contributed by atoms with Crippen LogP contribution in [-0.2, 0) is 0 Å². The first-order valence-electron chi connectivity index (χ1n) is 4.98. The molecule has 3 nitrogen and oxygen atoms in total. The van der Waals surface area contributed by atoms with E-state index in [0.717, 1.165) is 24.6 Å². The summed E-state index contributed by atoms with van der Waals surface area (Å²) in [7, 11) is 0. The van der Waals surface area contributed by atoms with E-state index in [0.29, 0.717) is 0 Å². The smallest absolute Gasteiger partial charge is 0.137 e. The van der Waals surface area contributed by atoms with E-state index in [1.165, 1.54) is 6.42 Å². The molecule has 14 heavy (non-hydrogen) atoms. The van der Waals surface area contributed by atoms with Crippen LogP contribution in [0.25, 0.3) is 0 Å². The van der Waals surface area contributed by atoms with E-state index in [2.05, 4.69) is 17.2 Å². The fraction of sp³-hybridized carbons (Fsp3) is 0.545. The Hall–Kier alpha value is -1.09. The summed E-state index contributed by atoms with van der Waals surface area (Å²) in [6, 6.07) is 3.93. The van der Waals surface area contributed by atoms with Gasteiger partial charge in [-0.15, -0.1) is 0 Å². The van der Waals surface area contributed by atoms with Crippen LogP contribution < -0.4 is 10.1 Å². The standard InChI is InChI=1S/C11H16N2O/c1-9-3-4-10(7-12-9)14-8-11(2)5-6-13-11/h3-4,7,13H,5-6,8H2,1-2H3/t11-/m1/s1. The highest BCUT2D eigenvalue weighted by Gasteiger charge is 2.31. The van der Waals surface area contributed by atoms with E-state index in [-0.39, 0.29) is 5.54 Å².